The number of nitrogens with one attached hydrogen (secondary N) is 1. The summed E-state index contributed by atoms with van der Waals surface area (Å²) in [5, 5.41) is 2.67. The Morgan fingerprint density at radius 3 is 2.58 bits per heavy atom. The number of rotatable bonds is 4. The highest BCUT2D eigenvalue weighted by Crippen LogP contribution is 2.24. The van der Waals surface area contributed by atoms with Gasteiger partial charge in [-0.15, -0.1) is 0 Å². The molecular weight excluding hydrogens is 311 g/mol. The molecular formula is C18H13FN2O3. The molecule has 5 nitrogen and oxygen atoms in total. The van der Waals surface area contributed by atoms with Crippen LogP contribution in [0.2, 0.25) is 0 Å². The Morgan fingerprint density at radius 2 is 1.88 bits per heavy atom. The minimum Gasteiger partial charge on any atom is -0.443 e. The van der Waals surface area contributed by atoms with Gasteiger partial charge >= 0.3 is 0 Å². The van der Waals surface area contributed by atoms with Crippen LogP contribution >= 0.6 is 0 Å². The molecule has 24 heavy (non-hydrogen) atoms. The molecule has 0 aliphatic rings. The van der Waals surface area contributed by atoms with Gasteiger partial charge in [0, 0.05) is 16.8 Å². The number of amides is 1. The molecule has 3 aromatic rings. The van der Waals surface area contributed by atoms with Gasteiger partial charge in [-0.25, -0.2) is 9.37 Å². The Hall–Kier alpha value is -3.28. The number of benzene rings is 2. The number of hydrogen-bond donors (Lipinski definition) is 1. The lowest BCUT2D eigenvalue weighted by Crippen LogP contribution is -2.13. The van der Waals surface area contributed by atoms with Gasteiger partial charge in [0.1, 0.15) is 5.82 Å². The number of carbonyl (C=O) groups is 2. The molecule has 2 aromatic carbocycles. The summed E-state index contributed by atoms with van der Waals surface area (Å²) >= 11 is 0. The first-order valence-electron chi connectivity index (χ1n) is 7.16. The Kier molecular flexibility index (Phi) is 4.20. The van der Waals surface area contributed by atoms with E-state index in [0.717, 1.165) is 6.39 Å². The van der Waals surface area contributed by atoms with Crippen molar-refractivity contribution in [2.24, 2.45) is 0 Å². The summed E-state index contributed by atoms with van der Waals surface area (Å²) in [6.07, 6.45) is 1.15. The van der Waals surface area contributed by atoms with Crippen molar-refractivity contribution in [2.75, 3.05) is 5.32 Å². The summed E-state index contributed by atoms with van der Waals surface area (Å²) in [5.41, 5.74) is 1.58. The van der Waals surface area contributed by atoms with Crippen molar-refractivity contribution in [3.05, 3.63) is 72.0 Å². The van der Waals surface area contributed by atoms with Gasteiger partial charge in [-0.05, 0) is 43.3 Å². The van der Waals surface area contributed by atoms with Crippen molar-refractivity contribution in [1.82, 2.24) is 4.98 Å². The van der Waals surface area contributed by atoms with Gasteiger partial charge in [0.15, 0.2) is 23.6 Å². The number of halogens is 1. The molecule has 0 saturated carbocycles. The van der Waals surface area contributed by atoms with Crippen LogP contribution in [-0.4, -0.2) is 16.7 Å². The van der Waals surface area contributed by atoms with Crippen molar-refractivity contribution in [3.63, 3.8) is 0 Å². The summed E-state index contributed by atoms with van der Waals surface area (Å²) in [6, 6.07) is 12.1. The zero-order chi connectivity index (χ0) is 17.1. The predicted molar refractivity (Wildman–Crippen MR) is 86.3 cm³/mol. The lowest BCUT2D eigenvalue weighted by molar-refractivity contribution is 0.100. The van der Waals surface area contributed by atoms with Crippen molar-refractivity contribution in [3.8, 4) is 11.3 Å². The first kappa shape index (κ1) is 15.6. The molecule has 3 rings (SSSR count). The maximum absolute atomic E-state index is 13.0. The molecule has 0 saturated heterocycles. The number of Topliss-reactive ketones (excluding diaryl/α,β-unsaturated/α-hetero) is 1. The number of aromatic nitrogens is 1. The number of anilines is 1. The van der Waals surface area contributed by atoms with Crippen LogP contribution in [0.3, 0.4) is 0 Å². The molecule has 0 bridgehead atoms. The van der Waals surface area contributed by atoms with Gasteiger partial charge in [0.25, 0.3) is 5.91 Å². The maximum atomic E-state index is 13.0. The Bertz CT molecular complexity index is 901. The highest BCUT2D eigenvalue weighted by atomic mass is 19.1. The summed E-state index contributed by atoms with van der Waals surface area (Å²) < 4.78 is 18.3. The zero-order valence-electron chi connectivity index (χ0n) is 12.7. The fourth-order valence-electron chi connectivity index (χ4n) is 2.22. The molecule has 0 radical (unpaired) electrons. The second-order valence-corrected chi connectivity index (χ2v) is 5.13. The SMILES string of the molecule is CC(=O)c1cccc(NC(=O)c2ncoc2-c2ccc(F)cc2)c1. The second kappa shape index (κ2) is 6.45. The highest BCUT2D eigenvalue weighted by Gasteiger charge is 2.18. The van der Waals surface area contributed by atoms with E-state index in [1.54, 1.807) is 24.3 Å². The molecule has 1 amide bonds. The average Bonchev–Trinajstić information content (AvgIpc) is 3.05. The molecule has 0 aliphatic carbocycles. The van der Waals surface area contributed by atoms with Gasteiger partial charge in [0.2, 0.25) is 0 Å². The largest absolute Gasteiger partial charge is 0.443 e. The summed E-state index contributed by atoms with van der Waals surface area (Å²) in [6.45, 7) is 1.45. The number of oxazole rings is 1. The monoisotopic (exact) mass is 324 g/mol. The molecule has 0 unspecified atom stereocenters. The van der Waals surface area contributed by atoms with Crippen LogP contribution in [0.5, 0.6) is 0 Å². The Labute approximate surface area is 137 Å². The van der Waals surface area contributed by atoms with Crippen LogP contribution in [0.15, 0.2) is 59.3 Å². The first-order valence-corrected chi connectivity index (χ1v) is 7.16. The molecule has 0 atom stereocenters. The van der Waals surface area contributed by atoms with Crippen LogP contribution in [0, 0.1) is 5.82 Å². The van der Waals surface area contributed by atoms with Gasteiger partial charge < -0.3 is 9.73 Å². The minimum atomic E-state index is -0.483. The van der Waals surface area contributed by atoms with Gasteiger partial charge in [0.05, 0.1) is 0 Å². The van der Waals surface area contributed by atoms with Crippen molar-refractivity contribution in [1.29, 1.82) is 0 Å². The van der Waals surface area contributed by atoms with Gasteiger partial charge in [-0.2, -0.15) is 0 Å². The maximum Gasteiger partial charge on any atom is 0.278 e. The highest BCUT2D eigenvalue weighted by molar-refractivity contribution is 6.07. The minimum absolute atomic E-state index is 0.0786. The number of hydrogen-bond acceptors (Lipinski definition) is 4. The van der Waals surface area contributed by atoms with Crippen LogP contribution in [0.1, 0.15) is 27.8 Å². The molecule has 6 heteroatoms. The smallest absolute Gasteiger partial charge is 0.278 e. The lowest BCUT2D eigenvalue weighted by Gasteiger charge is -2.06. The normalized spacial score (nSPS) is 10.4. The van der Waals surface area contributed by atoms with Crippen LogP contribution in [-0.2, 0) is 0 Å². The zero-order valence-corrected chi connectivity index (χ0v) is 12.7. The van der Waals surface area contributed by atoms with Gasteiger partial charge in [-0.3, -0.25) is 9.59 Å². The van der Waals surface area contributed by atoms with E-state index in [1.807, 2.05) is 0 Å². The number of carbonyl (C=O) groups excluding carboxylic acids is 2. The quantitative estimate of drug-likeness (QED) is 0.738. The summed E-state index contributed by atoms with van der Waals surface area (Å²) in [7, 11) is 0. The molecule has 0 fully saturated rings. The van der Waals surface area contributed by atoms with E-state index in [1.165, 1.54) is 31.2 Å². The summed E-state index contributed by atoms with van der Waals surface area (Å²) in [4.78, 5) is 27.8. The fourth-order valence-corrected chi connectivity index (χ4v) is 2.22. The third kappa shape index (κ3) is 3.22. The Morgan fingerprint density at radius 1 is 1.12 bits per heavy atom. The van der Waals surface area contributed by atoms with Crippen LogP contribution in [0.4, 0.5) is 10.1 Å². The van der Waals surface area contributed by atoms with Crippen molar-refractivity contribution < 1.29 is 18.4 Å². The number of nitrogens with zero attached hydrogens (tertiary/aromatic N) is 1. The van der Waals surface area contributed by atoms with E-state index in [4.69, 9.17) is 4.42 Å². The van der Waals surface area contributed by atoms with E-state index < -0.39 is 5.91 Å². The van der Waals surface area contributed by atoms with E-state index in [9.17, 15) is 14.0 Å². The fraction of sp³-hybridized carbons (Fsp3) is 0.0556. The van der Waals surface area contributed by atoms with E-state index >= 15 is 0 Å². The summed E-state index contributed by atoms with van der Waals surface area (Å²) in [5.74, 6) is -0.719. The first-order chi connectivity index (χ1) is 11.5. The predicted octanol–water partition coefficient (Wildman–Crippen LogP) is 3.94. The van der Waals surface area contributed by atoms with E-state index in [0.29, 0.717) is 16.8 Å². The van der Waals surface area contributed by atoms with Crippen LogP contribution < -0.4 is 5.32 Å². The standard InChI is InChI=1S/C18H13FN2O3/c1-11(22)13-3-2-4-15(9-13)21-18(23)16-17(24-10-20-16)12-5-7-14(19)8-6-12/h2-10H,1H3,(H,21,23). The molecule has 1 aromatic heterocycles. The molecule has 1 N–H and O–H groups in total. The average molecular weight is 324 g/mol. The van der Waals surface area contributed by atoms with Crippen LogP contribution in [0.25, 0.3) is 11.3 Å². The van der Waals surface area contributed by atoms with E-state index in [2.05, 4.69) is 10.3 Å². The topological polar surface area (TPSA) is 72.2 Å². The van der Waals surface area contributed by atoms with Crippen molar-refractivity contribution in [2.45, 2.75) is 6.92 Å². The third-order valence-electron chi connectivity index (χ3n) is 3.42. The molecule has 1 heterocycles. The third-order valence-corrected chi connectivity index (χ3v) is 3.42. The molecule has 0 spiro atoms. The van der Waals surface area contributed by atoms with Crippen molar-refractivity contribution >= 4 is 17.4 Å². The molecule has 120 valence electrons. The lowest BCUT2D eigenvalue weighted by atomic mass is 10.1. The Balaban J connectivity index is 1.86. The van der Waals surface area contributed by atoms with E-state index in [-0.39, 0.29) is 23.1 Å². The molecule has 0 aliphatic heterocycles. The van der Waals surface area contributed by atoms with Gasteiger partial charge in [-0.1, -0.05) is 12.1 Å². The number of ketones is 1. The second-order valence-electron chi connectivity index (χ2n) is 5.13.